The van der Waals surface area contributed by atoms with Crippen molar-refractivity contribution in [1.29, 1.82) is 0 Å². The lowest BCUT2D eigenvalue weighted by atomic mass is 10.0. The van der Waals surface area contributed by atoms with Crippen LogP contribution >= 0.6 is 0 Å². The van der Waals surface area contributed by atoms with Gasteiger partial charge in [0.05, 0.1) is 12.5 Å². The summed E-state index contributed by atoms with van der Waals surface area (Å²) in [6.45, 7) is 0. The summed E-state index contributed by atoms with van der Waals surface area (Å²) in [5.41, 5.74) is 0. The van der Waals surface area contributed by atoms with Gasteiger partial charge in [0.15, 0.2) is 0 Å². The number of rotatable bonds is 1. The van der Waals surface area contributed by atoms with Gasteiger partial charge in [-0.2, -0.15) is 0 Å². The van der Waals surface area contributed by atoms with Crippen LogP contribution in [0.5, 0.6) is 0 Å². The Morgan fingerprint density at radius 3 is 2.73 bits per heavy atom. The molecule has 5 heteroatoms. The smallest absolute Gasteiger partial charge is 0.326 e. The molecule has 1 rings (SSSR count). The summed E-state index contributed by atoms with van der Waals surface area (Å²) in [6.07, 6.45) is -0.713. The molecule has 1 fully saturated rings. The predicted molar refractivity (Wildman–Crippen MR) is 34.8 cm³/mol. The average Bonchev–Trinajstić information content (AvgIpc) is 1.85. The molecule has 0 aromatic carbocycles. The van der Waals surface area contributed by atoms with E-state index in [9.17, 15) is 9.59 Å². The Labute approximate surface area is 63.0 Å². The zero-order valence-corrected chi connectivity index (χ0v) is 5.78. The second-order valence-corrected chi connectivity index (χ2v) is 2.55. The SMILES string of the molecule is O=C1CC(O)CC(C(=O)O)N1. The first kappa shape index (κ1) is 8.00. The molecule has 0 radical (unpaired) electrons. The second-order valence-electron chi connectivity index (χ2n) is 2.55. The second kappa shape index (κ2) is 2.87. The number of aliphatic hydroxyl groups is 1. The first-order valence-electron chi connectivity index (χ1n) is 3.30. The van der Waals surface area contributed by atoms with Crippen molar-refractivity contribution in [3.63, 3.8) is 0 Å². The van der Waals surface area contributed by atoms with Crippen LogP contribution in [0.4, 0.5) is 0 Å². The fourth-order valence-electron chi connectivity index (χ4n) is 1.04. The summed E-state index contributed by atoms with van der Waals surface area (Å²) in [5.74, 6) is -1.51. The Kier molecular flexibility index (Phi) is 2.09. The molecule has 0 aromatic heterocycles. The van der Waals surface area contributed by atoms with Crippen LogP contribution in [0.15, 0.2) is 0 Å². The number of piperidine rings is 1. The van der Waals surface area contributed by atoms with Gasteiger partial charge in [-0.3, -0.25) is 4.79 Å². The van der Waals surface area contributed by atoms with E-state index in [4.69, 9.17) is 10.2 Å². The van der Waals surface area contributed by atoms with Crippen molar-refractivity contribution in [2.75, 3.05) is 0 Å². The van der Waals surface area contributed by atoms with Crippen molar-refractivity contribution in [3.8, 4) is 0 Å². The third kappa shape index (κ3) is 1.91. The summed E-state index contributed by atoms with van der Waals surface area (Å²) >= 11 is 0. The Morgan fingerprint density at radius 2 is 2.27 bits per heavy atom. The molecule has 0 aromatic rings. The van der Waals surface area contributed by atoms with Crippen molar-refractivity contribution in [2.45, 2.75) is 25.0 Å². The van der Waals surface area contributed by atoms with Crippen molar-refractivity contribution < 1.29 is 19.8 Å². The minimum absolute atomic E-state index is 0.00375. The normalized spacial score (nSPS) is 31.2. The molecule has 1 saturated heterocycles. The number of hydrogen-bond donors (Lipinski definition) is 3. The lowest BCUT2D eigenvalue weighted by Crippen LogP contribution is -2.48. The summed E-state index contributed by atoms with van der Waals surface area (Å²) in [4.78, 5) is 21.0. The van der Waals surface area contributed by atoms with Crippen LogP contribution in [0.2, 0.25) is 0 Å². The molecule has 0 saturated carbocycles. The van der Waals surface area contributed by atoms with E-state index in [-0.39, 0.29) is 12.8 Å². The molecular formula is C6H9NO4. The Morgan fingerprint density at radius 1 is 1.64 bits per heavy atom. The van der Waals surface area contributed by atoms with Crippen molar-refractivity contribution in [2.24, 2.45) is 0 Å². The highest BCUT2D eigenvalue weighted by Crippen LogP contribution is 2.08. The molecule has 1 amide bonds. The van der Waals surface area contributed by atoms with Gasteiger partial charge in [0, 0.05) is 6.42 Å². The molecule has 1 heterocycles. The number of carbonyl (C=O) groups excluding carboxylic acids is 1. The number of nitrogens with one attached hydrogen (secondary N) is 1. The number of aliphatic carboxylic acids is 1. The van der Waals surface area contributed by atoms with Gasteiger partial charge in [0.25, 0.3) is 0 Å². The maximum atomic E-state index is 10.7. The van der Waals surface area contributed by atoms with Crippen LogP contribution in [-0.4, -0.2) is 34.2 Å². The minimum Gasteiger partial charge on any atom is -0.480 e. The van der Waals surface area contributed by atoms with E-state index in [0.717, 1.165) is 0 Å². The number of carboxylic acids is 1. The summed E-state index contributed by atoms with van der Waals surface area (Å²) in [5, 5.41) is 19.7. The molecule has 62 valence electrons. The van der Waals surface area contributed by atoms with Gasteiger partial charge in [-0.05, 0) is 0 Å². The number of aliphatic hydroxyl groups excluding tert-OH is 1. The summed E-state index contributed by atoms with van der Waals surface area (Å²) in [6, 6.07) is -0.925. The fraction of sp³-hybridized carbons (Fsp3) is 0.667. The van der Waals surface area contributed by atoms with Gasteiger partial charge in [0.1, 0.15) is 6.04 Å². The van der Waals surface area contributed by atoms with Crippen molar-refractivity contribution in [1.82, 2.24) is 5.32 Å². The minimum atomic E-state index is -1.10. The number of amides is 1. The highest BCUT2D eigenvalue weighted by Gasteiger charge is 2.29. The molecule has 3 N–H and O–H groups in total. The molecule has 11 heavy (non-hydrogen) atoms. The molecule has 2 unspecified atom stereocenters. The Hall–Kier alpha value is -1.10. The van der Waals surface area contributed by atoms with E-state index < -0.39 is 24.0 Å². The van der Waals surface area contributed by atoms with Crippen LogP contribution in [0.25, 0.3) is 0 Å². The summed E-state index contributed by atoms with van der Waals surface area (Å²) < 4.78 is 0. The maximum absolute atomic E-state index is 10.7. The van der Waals surface area contributed by atoms with Crippen LogP contribution in [0, 0.1) is 0 Å². The van der Waals surface area contributed by atoms with Crippen molar-refractivity contribution >= 4 is 11.9 Å². The van der Waals surface area contributed by atoms with E-state index in [0.29, 0.717) is 0 Å². The first-order valence-corrected chi connectivity index (χ1v) is 3.30. The Bertz CT molecular complexity index is 191. The van der Waals surface area contributed by atoms with Crippen LogP contribution in [0.3, 0.4) is 0 Å². The maximum Gasteiger partial charge on any atom is 0.326 e. The van der Waals surface area contributed by atoms with E-state index in [2.05, 4.69) is 5.32 Å². The first-order chi connectivity index (χ1) is 5.09. The highest BCUT2D eigenvalue weighted by atomic mass is 16.4. The lowest BCUT2D eigenvalue weighted by molar-refractivity contribution is -0.145. The fourth-order valence-corrected chi connectivity index (χ4v) is 1.04. The topological polar surface area (TPSA) is 86.6 Å². The molecular weight excluding hydrogens is 150 g/mol. The van der Waals surface area contributed by atoms with Gasteiger partial charge < -0.3 is 15.5 Å². The highest BCUT2D eigenvalue weighted by molar-refractivity contribution is 5.85. The van der Waals surface area contributed by atoms with Crippen molar-refractivity contribution in [3.05, 3.63) is 0 Å². The van der Waals surface area contributed by atoms with Gasteiger partial charge >= 0.3 is 5.97 Å². The van der Waals surface area contributed by atoms with Gasteiger partial charge in [-0.1, -0.05) is 0 Å². The number of carboxylic acid groups (broad SMARTS) is 1. The third-order valence-electron chi connectivity index (χ3n) is 1.56. The predicted octanol–water partition coefficient (Wildman–Crippen LogP) is -1.29. The number of carbonyl (C=O) groups is 2. The lowest BCUT2D eigenvalue weighted by Gasteiger charge is -2.23. The van der Waals surface area contributed by atoms with Crippen LogP contribution in [0.1, 0.15) is 12.8 Å². The standard InChI is InChI=1S/C6H9NO4/c8-3-1-4(6(10)11)7-5(9)2-3/h3-4,8H,1-2H2,(H,7,9)(H,10,11). The molecule has 0 aliphatic carbocycles. The molecule has 5 nitrogen and oxygen atoms in total. The number of hydrogen-bond acceptors (Lipinski definition) is 3. The summed E-state index contributed by atoms with van der Waals surface area (Å²) in [7, 11) is 0. The van der Waals surface area contributed by atoms with Crippen LogP contribution < -0.4 is 5.32 Å². The van der Waals surface area contributed by atoms with E-state index in [1.165, 1.54) is 0 Å². The molecule has 1 aliphatic rings. The third-order valence-corrected chi connectivity index (χ3v) is 1.56. The van der Waals surface area contributed by atoms with Gasteiger partial charge in [0.2, 0.25) is 5.91 Å². The Balaban J connectivity index is 2.56. The average molecular weight is 159 g/mol. The van der Waals surface area contributed by atoms with E-state index in [1.54, 1.807) is 0 Å². The van der Waals surface area contributed by atoms with E-state index in [1.807, 2.05) is 0 Å². The molecule has 0 bridgehead atoms. The molecule has 1 aliphatic heterocycles. The van der Waals surface area contributed by atoms with E-state index >= 15 is 0 Å². The quantitative estimate of drug-likeness (QED) is 0.444. The molecule has 0 spiro atoms. The zero-order chi connectivity index (χ0) is 8.43. The van der Waals surface area contributed by atoms with Gasteiger partial charge in [-0.25, -0.2) is 4.79 Å². The van der Waals surface area contributed by atoms with Gasteiger partial charge in [-0.15, -0.1) is 0 Å². The zero-order valence-electron chi connectivity index (χ0n) is 5.78. The van der Waals surface area contributed by atoms with Crippen LogP contribution in [-0.2, 0) is 9.59 Å². The monoisotopic (exact) mass is 159 g/mol. The largest absolute Gasteiger partial charge is 0.480 e. The molecule has 2 atom stereocenters.